The van der Waals surface area contributed by atoms with Crippen LogP contribution in [-0.2, 0) is 19.3 Å². The van der Waals surface area contributed by atoms with E-state index < -0.39 is 23.5 Å². The van der Waals surface area contributed by atoms with Crippen LogP contribution in [-0.4, -0.2) is 25.8 Å². The molecule has 0 amide bonds. The van der Waals surface area contributed by atoms with Crippen molar-refractivity contribution in [2.75, 3.05) is 0 Å². The first-order chi connectivity index (χ1) is 17.7. The molecule has 0 saturated carbocycles. The van der Waals surface area contributed by atoms with Gasteiger partial charge in [0.05, 0.1) is 29.6 Å². The Hall–Kier alpha value is -3.73. The molecule has 2 heterocycles. The standard InChI is InChI=1S/C22H15F4N3O3S.2C2H6/c23-17-3-1-2-13(4-17)11-32-18-6-14(5-16(7-18)22(24,25)26)19-12-33-20(28-19)10-29-9-15(8-27-29)21(30)31;2*1-2/h1-9,12H,10-11H2,(H,30,31);2*1-2H3. The van der Waals surface area contributed by atoms with Crippen molar-refractivity contribution >= 4 is 17.3 Å². The predicted molar refractivity (Wildman–Crippen MR) is 134 cm³/mol. The third kappa shape index (κ3) is 8.42. The molecule has 0 aliphatic carbocycles. The van der Waals surface area contributed by atoms with Gasteiger partial charge in [0.1, 0.15) is 23.2 Å². The van der Waals surface area contributed by atoms with Crippen LogP contribution in [0.4, 0.5) is 17.6 Å². The molecule has 37 heavy (non-hydrogen) atoms. The van der Waals surface area contributed by atoms with Crippen molar-refractivity contribution in [2.45, 2.75) is 47.0 Å². The van der Waals surface area contributed by atoms with Crippen LogP contribution in [0, 0.1) is 5.82 Å². The van der Waals surface area contributed by atoms with Crippen molar-refractivity contribution in [1.29, 1.82) is 0 Å². The Bertz CT molecular complexity index is 1300. The Balaban J connectivity index is 0.00000115. The van der Waals surface area contributed by atoms with Crippen LogP contribution in [0.3, 0.4) is 0 Å². The van der Waals surface area contributed by atoms with Crippen LogP contribution in [0.2, 0.25) is 0 Å². The average molecular weight is 538 g/mol. The largest absolute Gasteiger partial charge is 0.489 e. The fourth-order valence-corrected chi connectivity index (χ4v) is 3.80. The summed E-state index contributed by atoms with van der Waals surface area (Å²) >= 11 is 1.20. The number of carboxylic acids is 1. The Morgan fingerprint density at radius 3 is 2.46 bits per heavy atom. The number of hydrogen-bond donors (Lipinski definition) is 1. The molecule has 0 saturated heterocycles. The summed E-state index contributed by atoms with van der Waals surface area (Å²) in [6.07, 6.45) is -2.06. The van der Waals surface area contributed by atoms with Gasteiger partial charge in [0.25, 0.3) is 0 Å². The van der Waals surface area contributed by atoms with E-state index >= 15 is 0 Å². The highest BCUT2D eigenvalue weighted by molar-refractivity contribution is 7.09. The van der Waals surface area contributed by atoms with Crippen molar-refractivity contribution in [3.63, 3.8) is 0 Å². The summed E-state index contributed by atoms with van der Waals surface area (Å²) in [5.41, 5.74) is 0.104. The Labute approximate surface area is 216 Å². The Kier molecular flexibility index (Phi) is 10.8. The van der Waals surface area contributed by atoms with Gasteiger partial charge in [-0.3, -0.25) is 4.68 Å². The van der Waals surface area contributed by atoms with E-state index in [1.807, 2.05) is 27.7 Å². The van der Waals surface area contributed by atoms with E-state index in [4.69, 9.17) is 9.84 Å². The number of rotatable bonds is 7. The van der Waals surface area contributed by atoms with Crippen LogP contribution in [0.5, 0.6) is 5.75 Å². The third-order valence-corrected chi connectivity index (χ3v) is 5.39. The van der Waals surface area contributed by atoms with Crippen LogP contribution in [0.15, 0.2) is 60.2 Å². The summed E-state index contributed by atoms with van der Waals surface area (Å²) in [4.78, 5) is 15.3. The minimum Gasteiger partial charge on any atom is -0.489 e. The average Bonchev–Trinajstić information content (AvgIpc) is 3.55. The maximum Gasteiger partial charge on any atom is 0.416 e. The number of halogens is 4. The fraction of sp³-hybridized carbons (Fsp3) is 0.269. The number of aromatic nitrogens is 3. The third-order valence-electron chi connectivity index (χ3n) is 4.55. The summed E-state index contributed by atoms with van der Waals surface area (Å²) in [6.45, 7) is 8.06. The molecule has 6 nitrogen and oxygen atoms in total. The molecule has 198 valence electrons. The van der Waals surface area contributed by atoms with Crippen molar-refractivity contribution < 1.29 is 32.2 Å². The molecule has 0 aliphatic heterocycles. The second-order valence-electron chi connectivity index (χ2n) is 7.02. The van der Waals surface area contributed by atoms with Gasteiger partial charge in [0, 0.05) is 17.1 Å². The number of carboxylic acid groups (broad SMARTS) is 1. The molecule has 11 heteroatoms. The second-order valence-corrected chi connectivity index (χ2v) is 7.96. The van der Waals surface area contributed by atoms with Gasteiger partial charge in [0.15, 0.2) is 0 Å². The summed E-state index contributed by atoms with van der Waals surface area (Å²) in [5.74, 6) is -1.61. The maximum absolute atomic E-state index is 13.5. The highest BCUT2D eigenvalue weighted by Gasteiger charge is 2.32. The van der Waals surface area contributed by atoms with E-state index in [0.717, 1.165) is 12.1 Å². The normalized spacial score (nSPS) is 10.6. The molecule has 4 rings (SSSR count). The van der Waals surface area contributed by atoms with Crippen molar-refractivity contribution in [3.05, 3.63) is 87.8 Å². The molecule has 0 atom stereocenters. The lowest BCUT2D eigenvalue weighted by Gasteiger charge is -2.13. The van der Waals surface area contributed by atoms with E-state index in [0.29, 0.717) is 16.3 Å². The van der Waals surface area contributed by atoms with Crippen LogP contribution in [0.1, 0.15) is 54.2 Å². The first kappa shape index (κ1) is 29.5. The molecular weight excluding hydrogens is 510 g/mol. The predicted octanol–water partition coefficient (Wildman–Crippen LogP) is 7.54. The van der Waals surface area contributed by atoms with E-state index in [-0.39, 0.29) is 30.0 Å². The van der Waals surface area contributed by atoms with Crippen molar-refractivity contribution in [2.24, 2.45) is 0 Å². The Morgan fingerprint density at radius 2 is 1.84 bits per heavy atom. The van der Waals surface area contributed by atoms with Crippen molar-refractivity contribution in [3.8, 4) is 17.0 Å². The molecule has 4 aromatic rings. The summed E-state index contributed by atoms with van der Waals surface area (Å²) in [6, 6.07) is 8.89. The van der Waals surface area contributed by atoms with Gasteiger partial charge in [-0.25, -0.2) is 14.2 Å². The highest BCUT2D eigenvalue weighted by atomic mass is 32.1. The number of ether oxygens (including phenoxy) is 1. The van der Waals surface area contributed by atoms with E-state index in [1.54, 1.807) is 11.4 Å². The molecule has 0 aliphatic rings. The highest BCUT2D eigenvalue weighted by Crippen LogP contribution is 2.36. The quantitative estimate of drug-likeness (QED) is 0.247. The number of nitrogens with zero attached hydrogens (tertiary/aromatic N) is 3. The molecule has 0 fully saturated rings. The zero-order valence-corrected chi connectivity index (χ0v) is 21.5. The molecule has 1 N–H and O–H groups in total. The number of alkyl halides is 3. The van der Waals surface area contributed by atoms with E-state index in [2.05, 4.69) is 10.1 Å². The van der Waals surface area contributed by atoms with Gasteiger partial charge < -0.3 is 9.84 Å². The molecule has 0 spiro atoms. The van der Waals surface area contributed by atoms with Gasteiger partial charge in [-0.05, 0) is 35.9 Å². The zero-order chi connectivity index (χ0) is 27.6. The zero-order valence-electron chi connectivity index (χ0n) is 20.7. The van der Waals surface area contributed by atoms with Crippen LogP contribution in [0.25, 0.3) is 11.3 Å². The maximum atomic E-state index is 13.5. The first-order valence-electron chi connectivity index (χ1n) is 11.5. The van der Waals surface area contributed by atoms with Gasteiger partial charge in [-0.2, -0.15) is 18.3 Å². The number of aromatic carboxylic acids is 1. The van der Waals surface area contributed by atoms with Crippen LogP contribution >= 0.6 is 11.3 Å². The van der Waals surface area contributed by atoms with Gasteiger partial charge >= 0.3 is 12.1 Å². The van der Waals surface area contributed by atoms with E-state index in [9.17, 15) is 22.4 Å². The van der Waals surface area contributed by atoms with Gasteiger partial charge in [-0.1, -0.05) is 39.8 Å². The van der Waals surface area contributed by atoms with Gasteiger partial charge in [-0.15, -0.1) is 11.3 Å². The summed E-state index contributed by atoms with van der Waals surface area (Å²) < 4.78 is 60.6. The smallest absolute Gasteiger partial charge is 0.416 e. The molecule has 2 aromatic heterocycles. The number of benzene rings is 2. The summed E-state index contributed by atoms with van der Waals surface area (Å²) in [5, 5.41) is 15.0. The number of hydrogen-bond acceptors (Lipinski definition) is 5. The molecule has 0 unspecified atom stereocenters. The van der Waals surface area contributed by atoms with Crippen molar-refractivity contribution in [1.82, 2.24) is 14.8 Å². The molecular formula is C26H27F4N3O3S. The molecule has 2 aromatic carbocycles. The molecule has 0 radical (unpaired) electrons. The van der Waals surface area contributed by atoms with E-state index in [1.165, 1.54) is 52.7 Å². The second kappa shape index (κ2) is 13.5. The lowest BCUT2D eigenvalue weighted by Crippen LogP contribution is -2.06. The lowest BCUT2D eigenvalue weighted by molar-refractivity contribution is -0.137. The van der Waals surface area contributed by atoms with Crippen LogP contribution < -0.4 is 4.74 Å². The molecule has 0 bridgehead atoms. The first-order valence-corrected chi connectivity index (χ1v) is 12.4. The fourth-order valence-electron chi connectivity index (χ4n) is 3.00. The summed E-state index contributed by atoms with van der Waals surface area (Å²) in [7, 11) is 0. The lowest BCUT2D eigenvalue weighted by atomic mass is 10.1. The Morgan fingerprint density at radius 1 is 1.11 bits per heavy atom. The SMILES string of the molecule is CC.CC.O=C(O)c1cnn(Cc2nc(-c3cc(OCc4cccc(F)c4)cc(C(F)(F)F)c3)cs2)c1. The monoisotopic (exact) mass is 537 g/mol. The van der Waals surface area contributed by atoms with Gasteiger partial charge in [0.2, 0.25) is 0 Å². The number of carbonyl (C=O) groups is 1. The minimum atomic E-state index is -4.60. The minimum absolute atomic E-state index is 0.0183. The number of thiazole rings is 1. The topological polar surface area (TPSA) is 77.2 Å².